The lowest BCUT2D eigenvalue weighted by Gasteiger charge is -2.11. The van der Waals surface area contributed by atoms with Crippen LogP contribution in [-0.2, 0) is 6.42 Å². The summed E-state index contributed by atoms with van der Waals surface area (Å²) >= 11 is 3.49. The van der Waals surface area contributed by atoms with Crippen LogP contribution in [0.2, 0.25) is 0 Å². The fourth-order valence-corrected chi connectivity index (χ4v) is 2.38. The van der Waals surface area contributed by atoms with E-state index in [2.05, 4.69) is 34.2 Å². The maximum absolute atomic E-state index is 5.86. The molecule has 1 unspecified atom stereocenters. The van der Waals surface area contributed by atoms with Gasteiger partial charge in [-0.3, -0.25) is 0 Å². The highest BCUT2D eigenvalue weighted by Gasteiger charge is 2.22. The third kappa shape index (κ3) is 2.98. The largest absolute Gasteiger partial charge is 0.488 e. The lowest BCUT2D eigenvalue weighted by molar-refractivity contribution is 0.227. The van der Waals surface area contributed by atoms with Crippen molar-refractivity contribution in [1.29, 1.82) is 0 Å². The standard InChI is InChI=1S/C13H18BrNO/c1-2-3-6-15-9-12-8-10-7-11(14)4-5-13(10)16-12/h4-5,7,12,15H,2-3,6,8-9H2,1H3. The molecule has 16 heavy (non-hydrogen) atoms. The third-order valence-electron chi connectivity index (χ3n) is 2.84. The number of unbranched alkanes of at least 4 members (excludes halogenated alkanes) is 1. The molecule has 0 aromatic heterocycles. The molecule has 0 saturated carbocycles. The highest BCUT2D eigenvalue weighted by Crippen LogP contribution is 2.30. The summed E-state index contributed by atoms with van der Waals surface area (Å²) in [6.07, 6.45) is 3.81. The predicted octanol–water partition coefficient (Wildman–Crippen LogP) is 3.14. The highest BCUT2D eigenvalue weighted by molar-refractivity contribution is 9.10. The fourth-order valence-electron chi connectivity index (χ4n) is 1.97. The van der Waals surface area contributed by atoms with Crippen LogP contribution in [0.3, 0.4) is 0 Å². The molecule has 88 valence electrons. The summed E-state index contributed by atoms with van der Waals surface area (Å²) in [6.45, 7) is 4.25. The molecular formula is C13H18BrNO. The Hall–Kier alpha value is -0.540. The Balaban J connectivity index is 1.81. The van der Waals surface area contributed by atoms with Gasteiger partial charge in [-0.05, 0) is 36.7 Å². The summed E-state index contributed by atoms with van der Waals surface area (Å²) in [6, 6.07) is 6.23. The van der Waals surface area contributed by atoms with Gasteiger partial charge < -0.3 is 10.1 Å². The van der Waals surface area contributed by atoms with Crippen molar-refractivity contribution >= 4 is 15.9 Å². The molecule has 1 aromatic carbocycles. The summed E-state index contributed by atoms with van der Waals surface area (Å²) in [7, 11) is 0. The van der Waals surface area contributed by atoms with Gasteiger partial charge in [0.1, 0.15) is 11.9 Å². The second-order valence-corrected chi connectivity index (χ2v) is 5.17. The van der Waals surface area contributed by atoms with E-state index in [9.17, 15) is 0 Å². The zero-order valence-corrected chi connectivity index (χ0v) is 11.2. The van der Waals surface area contributed by atoms with Crippen LogP contribution >= 0.6 is 15.9 Å². The number of halogens is 1. The zero-order chi connectivity index (χ0) is 11.4. The summed E-state index contributed by atoms with van der Waals surface area (Å²) in [4.78, 5) is 0. The van der Waals surface area contributed by atoms with Crippen LogP contribution in [0.15, 0.2) is 22.7 Å². The molecule has 0 amide bonds. The van der Waals surface area contributed by atoms with Crippen molar-refractivity contribution in [3.63, 3.8) is 0 Å². The molecular weight excluding hydrogens is 266 g/mol. The molecule has 1 N–H and O–H groups in total. The van der Waals surface area contributed by atoms with Crippen molar-refractivity contribution in [2.75, 3.05) is 13.1 Å². The van der Waals surface area contributed by atoms with Gasteiger partial charge in [0, 0.05) is 17.4 Å². The minimum atomic E-state index is 0.307. The van der Waals surface area contributed by atoms with Crippen molar-refractivity contribution in [3.8, 4) is 5.75 Å². The van der Waals surface area contributed by atoms with Crippen LogP contribution in [0.5, 0.6) is 5.75 Å². The highest BCUT2D eigenvalue weighted by atomic mass is 79.9. The van der Waals surface area contributed by atoms with E-state index in [1.54, 1.807) is 0 Å². The van der Waals surface area contributed by atoms with Crippen LogP contribution < -0.4 is 10.1 Å². The maximum atomic E-state index is 5.86. The first kappa shape index (κ1) is 11.9. The molecule has 0 aliphatic carbocycles. The molecule has 1 heterocycles. The molecule has 0 spiro atoms. The van der Waals surface area contributed by atoms with Gasteiger partial charge >= 0.3 is 0 Å². The predicted molar refractivity (Wildman–Crippen MR) is 70.0 cm³/mol. The lowest BCUT2D eigenvalue weighted by Crippen LogP contribution is -2.30. The fraction of sp³-hybridized carbons (Fsp3) is 0.538. The number of hydrogen-bond donors (Lipinski definition) is 1. The molecule has 0 fully saturated rings. The summed E-state index contributed by atoms with van der Waals surface area (Å²) in [5.41, 5.74) is 1.32. The SMILES string of the molecule is CCCCNCC1Cc2cc(Br)ccc2O1. The smallest absolute Gasteiger partial charge is 0.123 e. The second-order valence-electron chi connectivity index (χ2n) is 4.25. The van der Waals surface area contributed by atoms with Crippen molar-refractivity contribution < 1.29 is 4.74 Å². The van der Waals surface area contributed by atoms with E-state index in [0.717, 1.165) is 29.7 Å². The number of benzene rings is 1. The summed E-state index contributed by atoms with van der Waals surface area (Å²) in [5, 5.41) is 3.44. The minimum Gasteiger partial charge on any atom is -0.488 e. The quantitative estimate of drug-likeness (QED) is 0.839. The van der Waals surface area contributed by atoms with E-state index in [-0.39, 0.29) is 0 Å². The van der Waals surface area contributed by atoms with Gasteiger partial charge in [-0.25, -0.2) is 0 Å². The van der Waals surface area contributed by atoms with Crippen LogP contribution in [0.1, 0.15) is 25.3 Å². The van der Waals surface area contributed by atoms with Crippen LogP contribution in [0.4, 0.5) is 0 Å². The van der Waals surface area contributed by atoms with Gasteiger partial charge in [0.25, 0.3) is 0 Å². The first-order valence-electron chi connectivity index (χ1n) is 5.95. The average molecular weight is 284 g/mol. The topological polar surface area (TPSA) is 21.3 Å². The van der Waals surface area contributed by atoms with Crippen molar-refractivity contribution in [1.82, 2.24) is 5.32 Å². The van der Waals surface area contributed by atoms with Crippen molar-refractivity contribution in [2.24, 2.45) is 0 Å². The van der Waals surface area contributed by atoms with E-state index in [4.69, 9.17) is 4.74 Å². The first-order chi connectivity index (χ1) is 7.79. The Labute approximate surface area is 106 Å². The maximum Gasteiger partial charge on any atom is 0.123 e. The Bertz CT molecular complexity index is 354. The molecule has 0 radical (unpaired) electrons. The monoisotopic (exact) mass is 283 g/mol. The Morgan fingerprint density at radius 1 is 1.50 bits per heavy atom. The van der Waals surface area contributed by atoms with Crippen LogP contribution in [0, 0.1) is 0 Å². The van der Waals surface area contributed by atoms with Crippen molar-refractivity contribution in [2.45, 2.75) is 32.3 Å². The minimum absolute atomic E-state index is 0.307. The summed E-state index contributed by atoms with van der Waals surface area (Å²) in [5.74, 6) is 1.05. The number of fused-ring (bicyclic) bond motifs is 1. The van der Waals surface area contributed by atoms with Crippen molar-refractivity contribution in [3.05, 3.63) is 28.2 Å². The van der Waals surface area contributed by atoms with E-state index in [1.807, 2.05) is 12.1 Å². The van der Waals surface area contributed by atoms with Gasteiger partial charge in [-0.15, -0.1) is 0 Å². The van der Waals surface area contributed by atoms with E-state index < -0.39 is 0 Å². The van der Waals surface area contributed by atoms with Gasteiger partial charge in [0.2, 0.25) is 0 Å². The first-order valence-corrected chi connectivity index (χ1v) is 6.74. The molecule has 3 heteroatoms. The van der Waals surface area contributed by atoms with Gasteiger partial charge in [-0.2, -0.15) is 0 Å². The van der Waals surface area contributed by atoms with Crippen LogP contribution in [-0.4, -0.2) is 19.2 Å². The van der Waals surface area contributed by atoms with Gasteiger partial charge in [-0.1, -0.05) is 29.3 Å². The van der Waals surface area contributed by atoms with Crippen LogP contribution in [0.25, 0.3) is 0 Å². The molecule has 1 aliphatic heterocycles. The Kier molecular flexibility index (Phi) is 4.24. The van der Waals surface area contributed by atoms with Gasteiger partial charge in [0.15, 0.2) is 0 Å². The van der Waals surface area contributed by atoms with Gasteiger partial charge in [0.05, 0.1) is 0 Å². The molecule has 2 rings (SSSR count). The molecule has 0 bridgehead atoms. The van der Waals surface area contributed by atoms with E-state index in [0.29, 0.717) is 6.10 Å². The Morgan fingerprint density at radius 3 is 3.19 bits per heavy atom. The molecule has 1 aromatic rings. The number of rotatable bonds is 5. The Morgan fingerprint density at radius 2 is 2.38 bits per heavy atom. The van der Waals surface area contributed by atoms with E-state index >= 15 is 0 Å². The third-order valence-corrected chi connectivity index (χ3v) is 3.34. The molecule has 1 aliphatic rings. The molecule has 2 nitrogen and oxygen atoms in total. The summed E-state index contributed by atoms with van der Waals surface area (Å²) < 4.78 is 6.99. The molecule has 1 atom stereocenters. The number of ether oxygens (including phenoxy) is 1. The number of hydrogen-bond acceptors (Lipinski definition) is 2. The lowest BCUT2D eigenvalue weighted by atomic mass is 10.1. The van der Waals surface area contributed by atoms with E-state index in [1.165, 1.54) is 18.4 Å². The second kappa shape index (κ2) is 5.69. The molecule has 0 saturated heterocycles. The average Bonchev–Trinajstić information content (AvgIpc) is 2.66. The normalized spacial score (nSPS) is 18.2. The zero-order valence-electron chi connectivity index (χ0n) is 9.63. The number of nitrogens with one attached hydrogen (secondary N) is 1.